The molecule has 1 saturated heterocycles. The average Bonchev–Trinajstić information content (AvgIpc) is 2.63. The summed E-state index contributed by atoms with van der Waals surface area (Å²) in [6, 6.07) is 3.98. The first kappa shape index (κ1) is 14.8. The molecule has 1 fully saturated rings. The molecule has 110 valence electrons. The summed E-state index contributed by atoms with van der Waals surface area (Å²) in [5.41, 5.74) is 0.0298. The number of carbonyl (C=O) groups is 1. The van der Waals surface area contributed by atoms with Crippen LogP contribution < -0.4 is 0 Å². The Hall–Kier alpha value is -1.62. The Morgan fingerprint density at radius 2 is 2.15 bits per heavy atom. The maximum atomic E-state index is 13.8. The molecule has 0 aromatic heterocycles. The van der Waals surface area contributed by atoms with E-state index in [4.69, 9.17) is 0 Å². The van der Waals surface area contributed by atoms with Gasteiger partial charge in [-0.2, -0.15) is 0 Å². The predicted molar refractivity (Wildman–Crippen MR) is 75.3 cm³/mol. The summed E-state index contributed by atoms with van der Waals surface area (Å²) in [4.78, 5) is 16.3. The number of carbonyl (C=O) groups excluding carboxylic acids is 1. The summed E-state index contributed by atoms with van der Waals surface area (Å²) in [5, 5.41) is 9.22. The number of nitrogens with zero attached hydrogens (tertiary/aromatic N) is 2. The number of rotatable bonds is 2. The van der Waals surface area contributed by atoms with E-state index in [-0.39, 0.29) is 17.2 Å². The molecule has 0 spiro atoms. The Morgan fingerprint density at radius 1 is 1.40 bits per heavy atom. The fourth-order valence-electron chi connectivity index (χ4n) is 2.57. The quantitative estimate of drug-likeness (QED) is 0.902. The maximum Gasteiger partial charge on any atom is 0.256 e. The van der Waals surface area contributed by atoms with Gasteiger partial charge in [0, 0.05) is 25.2 Å². The van der Waals surface area contributed by atoms with Crippen LogP contribution in [0.4, 0.5) is 4.39 Å². The Morgan fingerprint density at radius 3 is 2.80 bits per heavy atom. The van der Waals surface area contributed by atoms with Gasteiger partial charge in [-0.1, -0.05) is 6.42 Å². The van der Waals surface area contributed by atoms with Crippen LogP contribution in [0.15, 0.2) is 18.2 Å². The number of hydrogen-bond donors (Lipinski definition) is 1. The first-order valence-electron chi connectivity index (χ1n) is 6.93. The molecular formula is C15H21FN2O2. The molecule has 1 N–H and O–H groups in total. The van der Waals surface area contributed by atoms with E-state index in [2.05, 4.69) is 4.90 Å². The van der Waals surface area contributed by atoms with Crippen molar-refractivity contribution in [1.82, 2.24) is 9.80 Å². The van der Waals surface area contributed by atoms with E-state index < -0.39 is 5.82 Å². The number of likely N-dealkylation sites (tertiary alicyclic amines) is 1. The zero-order chi connectivity index (χ0) is 14.7. The van der Waals surface area contributed by atoms with Gasteiger partial charge < -0.3 is 14.9 Å². The van der Waals surface area contributed by atoms with Crippen molar-refractivity contribution in [2.24, 2.45) is 0 Å². The van der Waals surface area contributed by atoms with E-state index in [0.717, 1.165) is 25.3 Å². The van der Waals surface area contributed by atoms with E-state index in [1.807, 2.05) is 14.1 Å². The van der Waals surface area contributed by atoms with Crippen LogP contribution in [0, 0.1) is 5.82 Å². The van der Waals surface area contributed by atoms with Crippen molar-refractivity contribution in [3.63, 3.8) is 0 Å². The number of likely N-dealkylation sites (N-methyl/N-ethyl adjacent to an activating group) is 1. The lowest BCUT2D eigenvalue weighted by Crippen LogP contribution is -2.42. The highest BCUT2D eigenvalue weighted by molar-refractivity contribution is 5.94. The molecule has 1 aromatic rings. The highest BCUT2D eigenvalue weighted by Crippen LogP contribution is 2.20. The molecule has 4 nitrogen and oxygen atoms in total. The summed E-state index contributed by atoms with van der Waals surface area (Å²) in [7, 11) is 4.00. The molecule has 0 radical (unpaired) electrons. The lowest BCUT2D eigenvalue weighted by Gasteiger charge is -2.28. The number of halogens is 1. The Balaban J connectivity index is 2.18. The van der Waals surface area contributed by atoms with Gasteiger partial charge in [-0.25, -0.2) is 4.39 Å². The monoisotopic (exact) mass is 280 g/mol. The minimum absolute atomic E-state index is 0.0298. The van der Waals surface area contributed by atoms with Gasteiger partial charge in [0.25, 0.3) is 5.91 Å². The van der Waals surface area contributed by atoms with Crippen molar-refractivity contribution in [1.29, 1.82) is 0 Å². The van der Waals surface area contributed by atoms with Gasteiger partial charge in [-0.05, 0) is 39.1 Å². The molecule has 1 aliphatic rings. The molecular weight excluding hydrogens is 259 g/mol. The van der Waals surface area contributed by atoms with E-state index in [1.54, 1.807) is 4.90 Å². The SMILES string of the molecule is CN(C)[C@H]1CCCCN(C(=O)c2ccc(O)cc2F)C1. The number of hydrogen-bond acceptors (Lipinski definition) is 3. The first-order valence-corrected chi connectivity index (χ1v) is 6.93. The smallest absolute Gasteiger partial charge is 0.256 e. The second kappa shape index (κ2) is 6.22. The minimum atomic E-state index is -0.666. The molecule has 5 heteroatoms. The highest BCUT2D eigenvalue weighted by atomic mass is 19.1. The van der Waals surface area contributed by atoms with Crippen molar-refractivity contribution >= 4 is 5.91 Å². The fourth-order valence-corrected chi connectivity index (χ4v) is 2.57. The van der Waals surface area contributed by atoms with Crippen LogP contribution in [0.3, 0.4) is 0 Å². The molecule has 20 heavy (non-hydrogen) atoms. The molecule has 1 aliphatic heterocycles. The largest absolute Gasteiger partial charge is 0.508 e. The van der Waals surface area contributed by atoms with Crippen molar-refractivity contribution in [2.75, 3.05) is 27.2 Å². The zero-order valence-corrected chi connectivity index (χ0v) is 12.0. The number of benzene rings is 1. The predicted octanol–water partition coefficient (Wildman–Crippen LogP) is 2.09. The van der Waals surface area contributed by atoms with Gasteiger partial charge in [0.15, 0.2) is 0 Å². The van der Waals surface area contributed by atoms with Gasteiger partial charge in [0.05, 0.1) is 5.56 Å². The van der Waals surface area contributed by atoms with Crippen LogP contribution in [0.5, 0.6) is 5.75 Å². The summed E-state index contributed by atoms with van der Waals surface area (Å²) in [5.74, 6) is -1.13. The van der Waals surface area contributed by atoms with E-state index >= 15 is 0 Å². The lowest BCUT2D eigenvalue weighted by molar-refractivity contribution is 0.0721. The first-order chi connectivity index (χ1) is 9.49. The number of aromatic hydroxyl groups is 1. The second-order valence-electron chi connectivity index (χ2n) is 5.53. The van der Waals surface area contributed by atoms with Gasteiger partial charge in [-0.15, -0.1) is 0 Å². The molecule has 1 atom stereocenters. The van der Waals surface area contributed by atoms with E-state index in [9.17, 15) is 14.3 Å². The van der Waals surface area contributed by atoms with E-state index in [0.29, 0.717) is 19.1 Å². The summed E-state index contributed by atoms with van der Waals surface area (Å²) in [6.45, 7) is 1.27. The summed E-state index contributed by atoms with van der Waals surface area (Å²) < 4.78 is 13.8. The molecule has 1 aromatic carbocycles. The molecule has 1 heterocycles. The third-order valence-electron chi connectivity index (χ3n) is 3.85. The second-order valence-corrected chi connectivity index (χ2v) is 5.53. The van der Waals surface area contributed by atoms with Gasteiger partial charge in [-0.3, -0.25) is 4.79 Å². The van der Waals surface area contributed by atoms with Crippen LogP contribution in [0.1, 0.15) is 29.6 Å². The van der Waals surface area contributed by atoms with Crippen molar-refractivity contribution < 1.29 is 14.3 Å². The minimum Gasteiger partial charge on any atom is -0.508 e. The van der Waals surface area contributed by atoms with Gasteiger partial charge in [0.2, 0.25) is 0 Å². The molecule has 2 rings (SSSR count). The lowest BCUT2D eigenvalue weighted by atomic mass is 10.1. The molecule has 0 saturated carbocycles. The summed E-state index contributed by atoms with van der Waals surface area (Å²) >= 11 is 0. The summed E-state index contributed by atoms with van der Waals surface area (Å²) in [6.07, 6.45) is 3.06. The van der Waals surface area contributed by atoms with Gasteiger partial charge >= 0.3 is 0 Å². The topological polar surface area (TPSA) is 43.8 Å². The zero-order valence-electron chi connectivity index (χ0n) is 12.0. The maximum absolute atomic E-state index is 13.8. The van der Waals surface area contributed by atoms with Crippen molar-refractivity contribution in [2.45, 2.75) is 25.3 Å². The number of phenolic OH excluding ortho intramolecular Hbond substituents is 1. The van der Waals surface area contributed by atoms with Crippen LogP contribution in [-0.2, 0) is 0 Å². The number of amides is 1. The Kier molecular flexibility index (Phi) is 4.60. The molecule has 1 amide bonds. The fraction of sp³-hybridized carbons (Fsp3) is 0.533. The van der Waals surface area contributed by atoms with Crippen LogP contribution in [0.25, 0.3) is 0 Å². The van der Waals surface area contributed by atoms with Crippen LogP contribution in [0.2, 0.25) is 0 Å². The Bertz CT molecular complexity index is 491. The van der Waals surface area contributed by atoms with Gasteiger partial charge in [0.1, 0.15) is 11.6 Å². The normalized spacial score (nSPS) is 20.0. The van der Waals surface area contributed by atoms with Crippen molar-refractivity contribution in [3.05, 3.63) is 29.6 Å². The molecule has 0 aliphatic carbocycles. The third kappa shape index (κ3) is 3.28. The van der Waals surface area contributed by atoms with Crippen LogP contribution in [-0.4, -0.2) is 54.0 Å². The standard InChI is InChI=1S/C15H21FN2O2/c1-17(2)11-5-3-4-8-18(10-11)15(20)13-7-6-12(19)9-14(13)16/h6-7,9,11,19H,3-5,8,10H2,1-2H3/t11-/m0/s1. The number of phenols is 1. The average molecular weight is 280 g/mol. The van der Waals surface area contributed by atoms with E-state index in [1.165, 1.54) is 12.1 Å². The Labute approximate surface area is 118 Å². The van der Waals surface area contributed by atoms with Crippen molar-refractivity contribution in [3.8, 4) is 5.75 Å². The molecule has 0 bridgehead atoms. The highest BCUT2D eigenvalue weighted by Gasteiger charge is 2.25. The molecule has 0 unspecified atom stereocenters. The third-order valence-corrected chi connectivity index (χ3v) is 3.85. The van der Waals surface area contributed by atoms with Crippen LogP contribution >= 0.6 is 0 Å².